The topological polar surface area (TPSA) is 15.3 Å². The van der Waals surface area contributed by atoms with Crippen molar-refractivity contribution in [2.45, 2.75) is 38.5 Å². The van der Waals surface area contributed by atoms with E-state index >= 15 is 0 Å². The lowest BCUT2D eigenvalue weighted by Crippen LogP contribution is -2.23. The molecule has 1 aliphatic heterocycles. The maximum atomic E-state index is 3.50. The molecule has 0 amide bonds. The van der Waals surface area contributed by atoms with Gasteiger partial charge in [-0.05, 0) is 58.9 Å². The molecular formula is C11H24N2. The normalized spacial score (nSPS) is 24.7. The summed E-state index contributed by atoms with van der Waals surface area (Å²) < 4.78 is 0. The van der Waals surface area contributed by atoms with Crippen molar-refractivity contribution < 1.29 is 0 Å². The third-order valence-corrected chi connectivity index (χ3v) is 2.79. The fourth-order valence-electron chi connectivity index (χ4n) is 1.85. The van der Waals surface area contributed by atoms with Gasteiger partial charge in [-0.2, -0.15) is 0 Å². The van der Waals surface area contributed by atoms with E-state index in [4.69, 9.17) is 0 Å². The van der Waals surface area contributed by atoms with Crippen LogP contribution in [0.3, 0.4) is 0 Å². The summed E-state index contributed by atoms with van der Waals surface area (Å²) in [6.45, 7) is 5.03. The van der Waals surface area contributed by atoms with Gasteiger partial charge in [-0.25, -0.2) is 0 Å². The highest BCUT2D eigenvalue weighted by molar-refractivity contribution is 4.57. The van der Waals surface area contributed by atoms with E-state index < -0.39 is 0 Å². The van der Waals surface area contributed by atoms with Gasteiger partial charge in [0.2, 0.25) is 0 Å². The Morgan fingerprint density at radius 2 is 1.31 bits per heavy atom. The van der Waals surface area contributed by atoms with Crippen LogP contribution in [0.25, 0.3) is 0 Å². The lowest BCUT2D eigenvalue weighted by Gasteiger charge is -2.17. The van der Waals surface area contributed by atoms with Gasteiger partial charge in [0, 0.05) is 0 Å². The van der Waals surface area contributed by atoms with Crippen LogP contribution in [0, 0.1) is 0 Å². The molecule has 0 radical (unpaired) electrons. The van der Waals surface area contributed by atoms with Crippen molar-refractivity contribution in [3.63, 3.8) is 0 Å². The molecule has 0 spiro atoms. The monoisotopic (exact) mass is 184 g/mol. The maximum Gasteiger partial charge on any atom is -0.00213 e. The van der Waals surface area contributed by atoms with Crippen LogP contribution in [0.5, 0.6) is 0 Å². The molecule has 1 N–H and O–H groups in total. The van der Waals surface area contributed by atoms with Crippen molar-refractivity contribution in [1.82, 2.24) is 10.2 Å². The highest BCUT2D eigenvalue weighted by atomic mass is 15.1. The Hall–Kier alpha value is -0.0800. The molecule has 1 rings (SSSR count). The lowest BCUT2D eigenvalue weighted by atomic mass is 10.1. The SMILES string of the molecule is CN1CCCCCCNCCCC1. The molecule has 0 aromatic rings. The molecule has 0 atom stereocenters. The highest BCUT2D eigenvalue weighted by Gasteiger charge is 1.99. The smallest absolute Gasteiger partial charge is 0.00213 e. The third kappa shape index (κ3) is 6.05. The van der Waals surface area contributed by atoms with Crippen LogP contribution < -0.4 is 5.32 Å². The summed E-state index contributed by atoms with van der Waals surface area (Å²) in [5.41, 5.74) is 0. The Bertz CT molecular complexity index is 103. The van der Waals surface area contributed by atoms with E-state index in [0.717, 1.165) is 0 Å². The van der Waals surface area contributed by atoms with Crippen LogP contribution >= 0.6 is 0 Å². The second kappa shape index (κ2) is 7.34. The quantitative estimate of drug-likeness (QED) is 0.618. The predicted octanol–water partition coefficient (Wildman–Crippen LogP) is 1.86. The minimum absolute atomic E-state index is 1.22. The van der Waals surface area contributed by atoms with Crippen molar-refractivity contribution >= 4 is 0 Å². The van der Waals surface area contributed by atoms with Gasteiger partial charge in [-0.3, -0.25) is 0 Å². The minimum atomic E-state index is 1.22. The number of nitrogens with zero attached hydrogens (tertiary/aromatic N) is 1. The van der Waals surface area contributed by atoms with Gasteiger partial charge in [0.1, 0.15) is 0 Å². The van der Waals surface area contributed by atoms with Crippen molar-refractivity contribution in [3.8, 4) is 0 Å². The van der Waals surface area contributed by atoms with Crippen LogP contribution in [0.15, 0.2) is 0 Å². The number of hydrogen-bond acceptors (Lipinski definition) is 2. The van der Waals surface area contributed by atoms with Crippen LogP contribution in [-0.4, -0.2) is 38.1 Å². The van der Waals surface area contributed by atoms with Crippen molar-refractivity contribution in [2.75, 3.05) is 33.2 Å². The standard InChI is InChI=1S/C11H24N2/c1-13-10-6-3-2-4-8-12-9-5-7-11-13/h12H,2-11H2,1H3. The average Bonchev–Trinajstić information content (AvgIpc) is 2.11. The maximum absolute atomic E-state index is 3.50. The van der Waals surface area contributed by atoms with E-state index in [1.54, 1.807) is 0 Å². The van der Waals surface area contributed by atoms with E-state index in [2.05, 4.69) is 17.3 Å². The van der Waals surface area contributed by atoms with E-state index in [1.165, 1.54) is 64.7 Å². The first kappa shape index (κ1) is 11.0. The van der Waals surface area contributed by atoms with E-state index in [1.807, 2.05) is 0 Å². The summed E-state index contributed by atoms with van der Waals surface area (Å²) in [6, 6.07) is 0. The Balaban J connectivity index is 2.11. The molecule has 2 nitrogen and oxygen atoms in total. The van der Waals surface area contributed by atoms with Gasteiger partial charge in [-0.1, -0.05) is 12.8 Å². The van der Waals surface area contributed by atoms with Crippen LogP contribution in [0.4, 0.5) is 0 Å². The van der Waals surface area contributed by atoms with Gasteiger partial charge in [0.25, 0.3) is 0 Å². The first-order chi connectivity index (χ1) is 6.39. The number of nitrogens with one attached hydrogen (secondary N) is 1. The molecule has 0 bridgehead atoms. The largest absolute Gasteiger partial charge is 0.317 e. The molecule has 1 saturated heterocycles. The average molecular weight is 184 g/mol. The molecule has 13 heavy (non-hydrogen) atoms. The summed E-state index contributed by atoms with van der Waals surface area (Å²) >= 11 is 0. The Labute approximate surface area is 82.7 Å². The van der Waals surface area contributed by atoms with Crippen molar-refractivity contribution in [2.24, 2.45) is 0 Å². The summed E-state index contributed by atoms with van der Waals surface area (Å²) in [5, 5.41) is 3.50. The zero-order chi connectivity index (χ0) is 9.36. The molecule has 0 saturated carbocycles. The summed E-state index contributed by atoms with van der Waals surface area (Å²) in [7, 11) is 2.25. The molecule has 2 heteroatoms. The molecule has 1 fully saturated rings. The van der Waals surface area contributed by atoms with Crippen LogP contribution in [0.1, 0.15) is 38.5 Å². The van der Waals surface area contributed by atoms with Gasteiger partial charge in [-0.15, -0.1) is 0 Å². The van der Waals surface area contributed by atoms with Gasteiger partial charge in [0.15, 0.2) is 0 Å². The molecular weight excluding hydrogens is 160 g/mol. The molecule has 78 valence electrons. The molecule has 1 aliphatic rings. The zero-order valence-corrected chi connectivity index (χ0v) is 9.02. The zero-order valence-electron chi connectivity index (χ0n) is 9.02. The van der Waals surface area contributed by atoms with Crippen LogP contribution in [-0.2, 0) is 0 Å². The molecule has 0 aliphatic carbocycles. The number of hydrogen-bond donors (Lipinski definition) is 1. The van der Waals surface area contributed by atoms with Gasteiger partial charge < -0.3 is 10.2 Å². The lowest BCUT2D eigenvalue weighted by molar-refractivity contribution is 0.312. The third-order valence-electron chi connectivity index (χ3n) is 2.79. The molecule has 0 unspecified atom stereocenters. The second-order valence-corrected chi connectivity index (χ2v) is 4.17. The Morgan fingerprint density at radius 3 is 2.08 bits per heavy atom. The predicted molar refractivity (Wildman–Crippen MR) is 58.1 cm³/mol. The van der Waals surface area contributed by atoms with Crippen molar-refractivity contribution in [1.29, 1.82) is 0 Å². The second-order valence-electron chi connectivity index (χ2n) is 4.17. The number of rotatable bonds is 0. The molecule has 1 heterocycles. The molecule has 0 aromatic heterocycles. The van der Waals surface area contributed by atoms with E-state index in [9.17, 15) is 0 Å². The van der Waals surface area contributed by atoms with Crippen molar-refractivity contribution in [3.05, 3.63) is 0 Å². The Kier molecular flexibility index (Phi) is 6.21. The molecule has 0 aromatic carbocycles. The first-order valence-corrected chi connectivity index (χ1v) is 5.79. The summed E-state index contributed by atoms with van der Waals surface area (Å²) in [5.74, 6) is 0. The van der Waals surface area contributed by atoms with E-state index in [0.29, 0.717) is 0 Å². The highest BCUT2D eigenvalue weighted by Crippen LogP contribution is 2.02. The summed E-state index contributed by atoms with van der Waals surface area (Å²) in [6.07, 6.45) is 8.25. The Morgan fingerprint density at radius 1 is 0.769 bits per heavy atom. The van der Waals surface area contributed by atoms with Gasteiger partial charge in [0.05, 0.1) is 0 Å². The fourth-order valence-corrected chi connectivity index (χ4v) is 1.85. The van der Waals surface area contributed by atoms with E-state index in [-0.39, 0.29) is 0 Å². The van der Waals surface area contributed by atoms with Crippen LogP contribution in [0.2, 0.25) is 0 Å². The first-order valence-electron chi connectivity index (χ1n) is 5.79. The minimum Gasteiger partial charge on any atom is -0.317 e. The summed E-state index contributed by atoms with van der Waals surface area (Å²) in [4.78, 5) is 2.47. The fraction of sp³-hybridized carbons (Fsp3) is 1.00. The van der Waals surface area contributed by atoms with Gasteiger partial charge >= 0.3 is 0 Å².